The van der Waals surface area contributed by atoms with Crippen LogP contribution in [0, 0.1) is 23.7 Å². The molecular formula is C40H64N6O6S. The molecule has 1 aliphatic heterocycles. The molecule has 1 fully saturated rings. The Morgan fingerprint density at radius 2 is 1.57 bits per heavy atom. The van der Waals surface area contributed by atoms with Gasteiger partial charge in [0.15, 0.2) is 0 Å². The molecule has 0 radical (unpaired) electrons. The van der Waals surface area contributed by atoms with E-state index in [1.54, 1.807) is 27.5 Å². The van der Waals surface area contributed by atoms with Gasteiger partial charge in [-0.15, -0.1) is 11.3 Å². The SMILES string of the molecule is CCC(C)C(NC(=O)[C@@H](NC(=O)C(NC)C(C)C)C(C)C)[C@@H](CC(=O)N1CCC[C@H]1[C@H](OC)[C@@H](C)C(=O)N[C@@H](Cc1ccccc1)c1nccs1)OC. The Balaban J connectivity index is 1.75. The number of nitrogens with zero attached hydrogens (tertiary/aromatic N) is 2. The van der Waals surface area contributed by atoms with Gasteiger partial charge in [-0.3, -0.25) is 19.2 Å². The third kappa shape index (κ3) is 12.1. The molecule has 4 N–H and O–H groups in total. The maximum absolute atomic E-state index is 14.1. The normalized spacial score (nSPS) is 19.2. The summed E-state index contributed by atoms with van der Waals surface area (Å²) in [7, 11) is 4.88. The third-order valence-electron chi connectivity index (χ3n) is 10.7. The van der Waals surface area contributed by atoms with E-state index >= 15 is 0 Å². The zero-order valence-corrected chi connectivity index (χ0v) is 34.2. The second-order valence-corrected chi connectivity index (χ2v) is 16.0. The summed E-state index contributed by atoms with van der Waals surface area (Å²) in [5, 5.41) is 15.1. The molecule has 0 aliphatic carbocycles. The average molecular weight is 757 g/mol. The Kier molecular flexibility index (Phi) is 17.8. The number of methoxy groups -OCH3 is 2. The van der Waals surface area contributed by atoms with E-state index in [1.165, 1.54) is 11.3 Å². The number of likely N-dealkylation sites (N-methyl/N-ethyl adjacent to an activating group) is 1. The smallest absolute Gasteiger partial charge is 0.243 e. The zero-order valence-electron chi connectivity index (χ0n) is 33.4. The quantitative estimate of drug-likeness (QED) is 0.145. The maximum Gasteiger partial charge on any atom is 0.243 e. The lowest BCUT2D eigenvalue weighted by Crippen LogP contribution is -2.59. The van der Waals surface area contributed by atoms with Crippen LogP contribution in [0.5, 0.6) is 0 Å². The number of ether oxygens (including phenoxy) is 2. The predicted octanol–water partition coefficient (Wildman–Crippen LogP) is 4.51. The summed E-state index contributed by atoms with van der Waals surface area (Å²) in [4.78, 5) is 61.2. The number of carbonyl (C=O) groups excluding carboxylic acids is 4. The van der Waals surface area contributed by atoms with Crippen LogP contribution in [0.4, 0.5) is 0 Å². The highest BCUT2D eigenvalue weighted by atomic mass is 32.1. The Morgan fingerprint density at radius 1 is 0.906 bits per heavy atom. The van der Waals surface area contributed by atoms with Gasteiger partial charge in [0.2, 0.25) is 23.6 Å². The van der Waals surface area contributed by atoms with Crippen molar-refractivity contribution in [3.63, 3.8) is 0 Å². The summed E-state index contributed by atoms with van der Waals surface area (Å²) in [6, 6.07) is 7.70. The van der Waals surface area contributed by atoms with Crippen LogP contribution in [-0.4, -0.2) is 97.7 Å². The number of aromatic nitrogens is 1. The molecular weight excluding hydrogens is 693 g/mol. The number of nitrogens with one attached hydrogen (secondary N) is 4. The van der Waals surface area contributed by atoms with Crippen LogP contribution >= 0.6 is 11.3 Å². The van der Waals surface area contributed by atoms with Gasteiger partial charge in [-0.05, 0) is 49.6 Å². The van der Waals surface area contributed by atoms with E-state index in [0.29, 0.717) is 19.4 Å². The van der Waals surface area contributed by atoms with E-state index in [4.69, 9.17) is 9.47 Å². The summed E-state index contributed by atoms with van der Waals surface area (Å²) < 4.78 is 12.0. The molecule has 2 aromatic rings. The fourth-order valence-electron chi connectivity index (χ4n) is 7.35. The van der Waals surface area contributed by atoms with Gasteiger partial charge in [0.05, 0.1) is 48.7 Å². The highest BCUT2D eigenvalue weighted by molar-refractivity contribution is 7.09. The first kappa shape index (κ1) is 44.0. The van der Waals surface area contributed by atoms with Crippen molar-refractivity contribution in [2.75, 3.05) is 27.8 Å². The van der Waals surface area contributed by atoms with Gasteiger partial charge in [0.25, 0.3) is 0 Å². The van der Waals surface area contributed by atoms with Crippen LogP contribution in [0.1, 0.15) is 90.8 Å². The van der Waals surface area contributed by atoms with Gasteiger partial charge in [-0.2, -0.15) is 0 Å². The molecule has 9 atom stereocenters. The number of likely N-dealkylation sites (tertiary alicyclic amines) is 1. The molecule has 296 valence electrons. The molecule has 0 spiro atoms. The van der Waals surface area contributed by atoms with Gasteiger partial charge >= 0.3 is 0 Å². The number of hydrogen-bond donors (Lipinski definition) is 4. The zero-order chi connectivity index (χ0) is 39.2. The van der Waals surface area contributed by atoms with Crippen molar-refractivity contribution >= 4 is 35.0 Å². The van der Waals surface area contributed by atoms with E-state index in [2.05, 4.69) is 26.3 Å². The molecule has 3 rings (SSSR count). The molecule has 0 saturated carbocycles. The Hall–Kier alpha value is -3.39. The first-order chi connectivity index (χ1) is 25.3. The summed E-state index contributed by atoms with van der Waals surface area (Å²) >= 11 is 1.50. The molecule has 3 unspecified atom stereocenters. The second kappa shape index (κ2) is 21.5. The summed E-state index contributed by atoms with van der Waals surface area (Å²) in [6.45, 7) is 14.1. The van der Waals surface area contributed by atoms with Crippen molar-refractivity contribution in [3.05, 3.63) is 52.5 Å². The summed E-state index contributed by atoms with van der Waals surface area (Å²) in [6.07, 6.45) is 3.44. The van der Waals surface area contributed by atoms with Gasteiger partial charge in [0.1, 0.15) is 11.0 Å². The van der Waals surface area contributed by atoms with Crippen LogP contribution in [0.3, 0.4) is 0 Å². The number of thiazole rings is 1. The molecule has 0 bridgehead atoms. The summed E-state index contributed by atoms with van der Waals surface area (Å²) in [5.41, 5.74) is 1.09. The Labute approximate surface area is 320 Å². The van der Waals surface area contributed by atoms with Gasteiger partial charge in [0, 0.05) is 32.3 Å². The lowest BCUT2D eigenvalue weighted by molar-refractivity contribution is -0.143. The number of hydrogen-bond acceptors (Lipinski definition) is 9. The minimum Gasteiger partial charge on any atom is -0.379 e. The van der Waals surface area contributed by atoms with Crippen molar-refractivity contribution in [1.82, 2.24) is 31.2 Å². The first-order valence-electron chi connectivity index (χ1n) is 19.1. The molecule has 1 aromatic heterocycles. The highest BCUT2D eigenvalue weighted by Gasteiger charge is 2.42. The standard InChI is InChI=1S/C40H64N6O6S/c1-11-26(6)35(45-39(50)34(25(4)5)44-38(49)33(41-8)24(2)3)31(51-9)23-32(47)46-20-15-18-30(46)36(52-10)27(7)37(48)43-29(40-42-19-21-53-40)22-28-16-13-12-14-17-28/h12-14,16-17,19,21,24-27,29-31,33-36,41H,11,15,18,20,22-23H2,1-10H3,(H,43,48)(H,44,49)(H,45,50)/t26?,27-,29+,30+,31-,33?,34+,35?,36-/m1/s1. The van der Waals surface area contributed by atoms with Crippen LogP contribution in [0.25, 0.3) is 0 Å². The summed E-state index contributed by atoms with van der Waals surface area (Å²) in [5.74, 6) is -1.54. The molecule has 2 heterocycles. The fourth-order valence-corrected chi connectivity index (χ4v) is 8.04. The van der Waals surface area contributed by atoms with Crippen molar-refractivity contribution in [1.29, 1.82) is 0 Å². The monoisotopic (exact) mass is 756 g/mol. The van der Waals surface area contributed by atoms with E-state index < -0.39 is 36.3 Å². The lowest BCUT2D eigenvalue weighted by atomic mass is 9.90. The first-order valence-corrected chi connectivity index (χ1v) is 20.0. The predicted molar refractivity (Wildman–Crippen MR) is 209 cm³/mol. The number of amides is 4. The Morgan fingerprint density at radius 3 is 2.11 bits per heavy atom. The largest absolute Gasteiger partial charge is 0.379 e. The van der Waals surface area contributed by atoms with E-state index in [-0.39, 0.29) is 59.9 Å². The average Bonchev–Trinajstić information content (AvgIpc) is 3.85. The molecule has 4 amide bonds. The Bertz CT molecular complexity index is 1430. The van der Waals surface area contributed by atoms with E-state index in [0.717, 1.165) is 23.4 Å². The minimum atomic E-state index is -0.766. The molecule has 53 heavy (non-hydrogen) atoms. The van der Waals surface area contributed by atoms with E-state index in [1.807, 2.05) is 89.1 Å². The number of rotatable bonds is 21. The number of carbonyl (C=O) groups is 4. The third-order valence-corrected chi connectivity index (χ3v) is 11.6. The van der Waals surface area contributed by atoms with Crippen molar-refractivity contribution < 1.29 is 28.7 Å². The molecule has 1 saturated heterocycles. The molecule has 12 nitrogen and oxygen atoms in total. The van der Waals surface area contributed by atoms with Gasteiger partial charge in [-0.1, -0.05) is 85.2 Å². The highest BCUT2D eigenvalue weighted by Crippen LogP contribution is 2.29. The van der Waals surface area contributed by atoms with Crippen molar-refractivity contribution in [3.8, 4) is 0 Å². The van der Waals surface area contributed by atoms with Gasteiger partial charge in [-0.25, -0.2) is 4.98 Å². The topological polar surface area (TPSA) is 151 Å². The fraction of sp³-hybridized carbons (Fsp3) is 0.675. The minimum absolute atomic E-state index is 0.0209. The van der Waals surface area contributed by atoms with Gasteiger partial charge < -0.3 is 35.6 Å². The second-order valence-electron chi connectivity index (χ2n) is 15.0. The molecule has 13 heteroatoms. The van der Waals surface area contributed by atoms with Crippen molar-refractivity contribution in [2.24, 2.45) is 23.7 Å². The number of benzene rings is 1. The van der Waals surface area contributed by atoms with Crippen molar-refractivity contribution in [2.45, 2.75) is 123 Å². The lowest BCUT2D eigenvalue weighted by Gasteiger charge is -2.37. The van der Waals surface area contributed by atoms with E-state index in [9.17, 15) is 19.2 Å². The van der Waals surface area contributed by atoms with Crippen LogP contribution in [0.2, 0.25) is 0 Å². The molecule has 1 aliphatic rings. The maximum atomic E-state index is 14.1. The van der Waals surface area contributed by atoms with Crippen LogP contribution < -0.4 is 21.3 Å². The molecule has 1 aromatic carbocycles. The van der Waals surface area contributed by atoms with Crippen LogP contribution in [0.15, 0.2) is 41.9 Å². The van der Waals surface area contributed by atoms with Crippen LogP contribution in [-0.2, 0) is 35.1 Å².